The van der Waals surface area contributed by atoms with Gasteiger partial charge < -0.3 is 9.64 Å². The Morgan fingerprint density at radius 2 is 1.74 bits per heavy atom. The smallest absolute Gasteiger partial charge is 0.253 e. The van der Waals surface area contributed by atoms with Crippen LogP contribution in [0.3, 0.4) is 0 Å². The van der Waals surface area contributed by atoms with E-state index < -0.39 is 0 Å². The lowest BCUT2D eigenvalue weighted by atomic mass is 10.1. The van der Waals surface area contributed by atoms with Crippen molar-refractivity contribution in [1.82, 2.24) is 14.8 Å². The summed E-state index contributed by atoms with van der Waals surface area (Å²) in [4.78, 5) is 21.9. The van der Waals surface area contributed by atoms with Crippen molar-refractivity contribution in [3.63, 3.8) is 0 Å². The van der Waals surface area contributed by atoms with Crippen molar-refractivity contribution in [2.75, 3.05) is 26.2 Å². The Kier molecular flexibility index (Phi) is 6.90. The SMILES string of the molecule is CC(C)Oc1ccc(C(=O)N2CCN(Cc3nc(-c4ccc(Cl)cc4)cs3)CC2)cc1. The van der Waals surface area contributed by atoms with Gasteiger partial charge in [-0.3, -0.25) is 9.69 Å². The molecule has 4 rings (SSSR count). The fourth-order valence-corrected chi connectivity index (χ4v) is 4.54. The number of hydrogen-bond donors (Lipinski definition) is 0. The third kappa shape index (κ3) is 5.64. The van der Waals surface area contributed by atoms with E-state index in [1.54, 1.807) is 11.3 Å². The van der Waals surface area contributed by atoms with Crippen molar-refractivity contribution in [3.8, 4) is 17.0 Å². The number of hydrogen-bond acceptors (Lipinski definition) is 5. The van der Waals surface area contributed by atoms with Crippen LogP contribution in [0.4, 0.5) is 0 Å². The third-order valence-corrected chi connectivity index (χ3v) is 6.27. The number of aromatic nitrogens is 1. The normalized spacial score (nSPS) is 14.8. The lowest BCUT2D eigenvalue weighted by Gasteiger charge is -2.34. The van der Waals surface area contributed by atoms with E-state index in [1.807, 2.05) is 67.3 Å². The molecule has 1 saturated heterocycles. The number of thiazole rings is 1. The maximum absolute atomic E-state index is 12.8. The molecule has 1 aromatic heterocycles. The molecule has 0 saturated carbocycles. The van der Waals surface area contributed by atoms with Crippen LogP contribution in [-0.4, -0.2) is 53.0 Å². The van der Waals surface area contributed by atoms with Gasteiger partial charge in [-0.05, 0) is 50.2 Å². The van der Waals surface area contributed by atoms with Crippen LogP contribution in [0.25, 0.3) is 11.3 Å². The quantitative estimate of drug-likeness (QED) is 0.512. The van der Waals surface area contributed by atoms with E-state index in [0.717, 1.165) is 59.8 Å². The molecule has 2 aromatic carbocycles. The Labute approximate surface area is 192 Å². The van der Waals surface area contributed by atoms with Gasteiger partial charge in [0, 0.05) is 47.7 Å². The van der Waals surface area contributed by atoms with Gasteiger partial charge >= 0.3 is 0 Å². The Balaban J connectivity index is 1.30. The van der Waals surface area contributed by atoms with Gasteiger partial charge in [-0.15, -0.1) is 11.3 Å². The summed E-state index contributed by atoms with van der Waals surface area (Å²) in [7, 11) is 0. The van der Waals surface area contributed by atoms with Crippen molar-refractivity contribution in [2.24, 2.45) is 0 Å². The number of ether oxygens (including phenoxy) is 1. The van der Waals surface area contributed by atoms with E-state index in [2.05, 4.69) is 10.3 Å². The molecule has 5 nitrogen and oxygen atoms in total. The molecule has 1 fully saturated rings. The maximum Gasteiger partial charge on any atom is 0.253 e. The second-order valence-corrected chi connectivity index (χ2v) is 9.27. The number of benzene rings is 2. The van der Waals surface area contributed by atoms with Crippen LogP contribution in [0, 0.1) is 0 Å². The van der Waals surface area contributed by atoms with E-state index in [4.69, 9.17) is 21.3 Å². The topological polar surface area (TPSA) is 45.7 Å². The van der Waals surface area contributed by atoms with Crippen LogP contribution >= 0.6 is 22.9 Å². The highest BCUT2D eigenvalue weighted by atomic mass is 35.5. The maximum atomic E-state index is 12.8. The second-order valence-electron chi connectivity index (χ2n) is 7.89. The minimum Gasteiger partial charge on any atom is -0.491 e. The summed E-state index contributed by atoms with van der Waals surface area (Å²) in [6, 6.07) is 15.2. The first-order valence-corrected chi connectivity index (χ1v) is 11.7. The molecule has 0 aliphatic carbocycles. The average molecular weight is 456 g/mol. The van der Waals surface area contributed by atoms with Crippen LogP contribution in [0.1, 0.15) is 29.2 Å². The molecule has 2 heterocycles. The Morgan fingerprint density at radius 1 is 1.06 bits per heavy atom. The van der Waals surface area contributed by atoms with Gasteiger partial charge in [0.15, 0.2) is 0 Å². The number of nitrogens with zero attached hydrogens (tertiary/aromatic N) is 3. The van der Waals surface area contributed by atoms with Crippen molar-refractivity contribution >= 4 is 28.8 Å². The molecular formula is C24H26ClN3O2S. The molecule has 1 amide bonds. The summed E-state index contributed by atoms with van der Waals surface area (Å²) in [6.45, 7) is 7.91. The molecule has 0 atom stereocenters. The van der Waals surface area contributed by atoms with E-state index in [0.29, 0.717) is 5.56 Å². The predicted octanol–water partition coefficient (Wildman–Crippen LogP) is 5.21. The summed E-state index contributed by atoms with van der Waals surface area (Å²) in [5.41, 5.74) is 2.76. The predicted molar refractivity (Wildman–Crippen MR) is 126 cm³/mol. The van der Waals surface area contributed by atoms with Gasteiger partial charge in [0.1, 0.15) is 10.8 Å². The van der Waals surface area contributed by atoms with Gasteiger partial charge in [0.25, 0.3) is 5.91 Å². The molecule has 0 bridgehead atoms. The first-order chi connectivity index (χ1) is 15.0. The van der Waals surface area contributed by atoms with Crippen LogP contribution in [0.5, 0.6) is 5.75 Å². The molecule has 0 N–H and O–H groups in total. The molecular weight excluding hydrogens is 430 g/mol. The van der Waals surface area contributed by atoms with Crippen molar-refractivity contribution < 1.29 is 9.53 Å². The number of carbonyl (C=O) groups is 1. The van der Waals surface area contributed by atoms with E-state index in [-0.39, 0.29) is 12.0 Å². The Morgan fingerprint density at radius 3 is 2.39 bits per heavy atom. The molecule has 162 valence electrons. The lowest BCUT2D eigenvalue weighted by molar-refractivity contribution is 0.0628. The monoisotopic (exact) mass is 455 g/mol. The van der Waals surface area contributed by atoms with Gasteiger partial charge in [0.05, 0.1) is 18.3 Å². The number of piperazine rings is 1. The lowest BCUT2D eigenvalue weighted by Crippen LogP contribution is -2.48. The molecule has 3 aromatic rings. The first kappa shape index (κ1) is 21.8. The number of rotatable bonds is 6. The Bertz CT molecular complexity index is 1010. The van der Waals surface area contributed by atoms with Crippen molar-refractivity contribution in [3.05, 3.63) is 69.5 Å². The molecule has 7 heteroatoms. The summed E-state index contributed by atoms with van der Waals surface area (Å²) < 4.78 is 5.66. The van der Waals surface area contributed by atoms with Crippen molar-refractivity contribution in [2.45, 2.75) is 26.5 Å². The van der Waals surface area contributed by atoms with Gasteiger partial charge in [-0.1, -0.05) is 23.7 Å². The molecule has 1 aliphatic rings. The highest BCUT2D eigenvalue weighted by molar-refractivity contribution is 7.09. The van der Waals surface area contributed by atoms with E-state index >= 15 is 0 Å². The minimum atomic E-state index is 0.0787. The van der Waals surface area contributed by atoms with Gasteiger partial charge in [0.2, 0.25) is 0 Å². The molecule has 31 heavy (non-hydrogen) atoms. The van der Waals surface area contributed by atoms with E-state index in [9.17, 15) is 4.79 Å². The Hall–Kier alpha value is -2.41. The van der Waals surface area contributed by atoms with Gasteiger partial charge in [-0.25, -0.2) is 4.98 Å². The first-order valence-electron chi connectivity index (χ1n) is 10.5. The van der Waals surface area contributed by atoms with Crippen LogP contribution < -0.4 is 4.74 Å². The van der Waals surface area contributed by atoms with E-state index in [1.165, 1.54) is 0 Å². The minimum absolute atomic E-state index is 0.0787. The molecule has 0 radical (unpaired) electrons. The fourth-order valence-electron chi connectivity index (χ4n) is 3.57. The largest absolute Gasteiger partial charge is 0.491 e. The van der Waals surface area contributed by atoms with Crippen LogP contribution in [0.15, 0.2) is 53.9 Å². The second kappa shape index (κ2) is 9.81. The highest BCUT2D eigenvalue weighted by Crippen LogP contribution is 2.24. The highest BCUT2D eigenvalue weighted by Gasteiger charge is 2.23. The average Bonchev–Trinajstić information content (AvgIpc) is 3.23. The zero-order valence-electron chi connectivity index (χ0n) is 17.8. The van der Waals surface area contributed by atoms with Gasteiger partial charge in [-0.2, -0.15) is 0 Å². The molecule has 0 unspecified atom stereocenters. The standard InChI is InChI=1S/C24H26ClN3O2S/c1-17(2)30-21-9-5-19(6-10-21)24(29)28-13-11-27(12-14-28)15-23-26-22(16-31-23)18-3-7-20(25)8-4-18/h3-10,16-17H,11-15H2,1-2H3. The third-order valence-electron chi connectivity index (χ3n) is 5.18. The van der Waals surface area contributed by atoms with Crippen LogP contribution in [-0.2, 0) is 6.54 Å². The summed E-state index contributed by atoms with van der Waals surface area (Å²) >= 11 is 7.65. The molecule has 1 aliphatic heterocycles. The summed E-state index contributed by atoms with van der Waals surface area (Å²) in [5.74, 6) is 0.868. The number of amides is 1. The van der Waals surface area contributed by atoms with Crippen molar-refractivity contribution in [1.29, 1.82) is 0 Å². The summed E-state index contributed by atoms with van der Waals surface area (Å²) in [5, 5.41) is 3.90. The number of carbonyl (C=O) groups excluding carboxylic acids is 1. The zero-order chi connectivity index (χ0) is 21.8. The number of halogens is 1. The molecule has 0 spiro atoms. The zero-order valence-corrected chi connectivity index (χ0v) is 19.3. The van der Waals surface area contributed by atoms with Crippen LogP contribution in [0.2, 0.25) is 5.02 Å². The fraction of sp³-hybridized carbons (Fsp3) is 0.333. The summed E-state index contributed by atoms with van der Waals surface area (Å²) in [6.07, 6.45) is 0.120.